The molecular formula is C17H19N3O6. The molecule has 1 aromatic rings. The molecule has 4 N–H and O–H groups in total. The third-order valence-electron chi connectivity index (χ3n) is 4.03. The van der Waals surface area contributed by atoms with E-state index in [0.717, 1.165) is 0 Å². The standard InChI is InChI=1S/C17H19N3O6/c1-16(2,3)10(12(22)23)11(21)20-17(9-7-5-4-6-8-9)13(24)18-15(26)19-14(17)25/h4-8,10H,1-3H3,(H,20,21)(H,22,23)(H2,18,19,24,25,26). The van der Waals surface area contributed by atoms with Gasteiger partial charge in [-0.2, -0.15) is 0 Å². The van der Waals surface area contributed by atoms with Crippen LogP contribution in [0.3, 0.4) is 0 Å². The number of amides is 5. The Morgan fingerprint density at radius 2 is 1.54 bits per heavy atom. The average Bonchev–Trinajstić information content (AvgIpc) is 2.50. The Balaban J connectivity index is 2.55. The van der Waals surface area contributed by atoms with Crippen LogP contribution in [0.4, 0.5) is 4.79 Å². The number of carboxylic acids is 1. The van der Waals surface area contributed by atoms with Gasteiger partial charge in [0.25, 0.3) is 11.8 Å². The molecule has 1 aliphatic heterocycles. The lowest BCUT2D eigenvalue weighted by molar-refractivity contribution is -0.156. The van der Waals surface area contributed by atoms with Gasteiger partial charge < -0.3 is 10.4 Å². The number of hydrogen-bond acceptors (Lipinski definition) is 5. The summed E-state index contributed by atoms with van der Waals surface area (Å²) in [5.74, 6) is -6.08. The molecule has 0 aliphatic carbocycles. The van der Waals surface area contributed by atoms with Crippen molar-refractivity contribution in [3.63, 3.8) is 0 Å². The van der Waals surface area contributed by atoms with E-state index in [0.29, 0.717) is 0 Å². The maximum Gasteiger partial charge on any atom is 0.328 e. The first kappa shape index (κ1) is 19.1. The zero-order chi connectivity index (χ0) is 19.7. The van der Waals surface area contributed by atoms with Crippen LogP contribution >= 0.6 is 0 Å². The molecule has 1 unspecified atom stereocenters. The lowest BCUT2D eigenvalue weighted by Gasteiger charge is -2.37. The van der Waals surface area contributed by atoms with Gasteiger partial charge in [0.2, 0.25) is 11.4 Å². The summed E-state index contributed by atoms with van der Waals surface area (Å²) in [7, 11) is 0. The number of benzene rings is 1. The molecule has 1 atom stereocenters. The molecule has 26 heavy (non-hydrogen) atoms. The zero-order valence-corrected chi connectivity index (χ0v) is 14.5. The third kappa shape index (κ3) is 3.28. The maximum absolute atomic E-state index is 12.7. The van der Waals surface area contributed by atoms with E-state index in [2.05, 4.69) is 5.32 Å². The fourth-order valence-corrected chi connectivity index (χ4v) is 2.80. The first-order valence-corrected chi connectivity index (χ1v) is 7.77. The van der Waals surface area contributed by atoms with Gasteiger partial charge in [-0.15, -0.1) is 0 Å². The summed E-state index contributed by atoms with van der Waals surface area (Å²) in [5, 5.41) is 15.6. The van der Waals surface area contributed by atoms with Crippen molar-refractivity contribution in [2.45, 2.75) is 26.3 Å². The Labute approximate surface area is 149 Å². The van der Waals surface area contributed by atoms with Gasteiger partial charge in [-0.05, 0) is 11.0 Å². The number of barbiturate groups is 1. The minimum absolute atomic E-state index is 0.0916. The van der Waals surface area contributed by atoms with E-state index >= 15 is 0 Å². The van der Waals surface area contributed by atoms with Gasteiger partial charge in [0.05, 0.1) is 0 Å². The Kier molecular flexibility index (Phi) is 4.84. The van der Waals surface area contributed by atoms with Crippen LogP contribution in [0.2, 0.25) is 0 Å². The van der Waals surface area contributed by atoms with Crippen LogP contribution in [0.25, 0.3) is 0 Å². The van der Waals surface area contributed by atoms with Gasteiger partial charge in [-0.3, -0.25) is 29.8 Å². The summed E-state index contributed by atoms with van der Waals surface area (Å²) in [6.45, 7) is 4.64. The van der Waals surface area contributed by atoms with Crippen LogP contribution in [0.1, 0.15) is 26.3 Å². The van der Waals surface area contributed by atoms with Crippen LogP contribution < -0.4 is 16.0 Å². The normalized spacial score (nSPS) is 17.7. The SMILES string of the molecule is CC(C)(C)C(C(=O)O)C(=O)NC1(c2ccccc2)C(=O)NC(=O)NC1=O. The van der Waals surface area contributed by atoms with Crippen molar-refractivity contribution in [1.82, 2.24) is 16.0 Å². The van der Waals surface area contributed by atoms with E-state index in [4.69, 9.17) is 0 Å². The Morgan fingerprint density at radius 3 is 1.96 bits per heavy atom. The topological polar surface area (TPSA) is 142 Å². The average molecular weight is 361 g/mol. The molecule has 138 valence electrons. The lowest BCUT2D eigenvalue weighted by atomic mass is 9.78. The number of rotatable bonds is 4. The number of imide groups is 2. The van der Waals surface area contributed by atoms with E-state index in [1.807, 2.05) is 10.6 Å². The minimum Gasteiger partial charge on any atom is -0.481 e. The van der Waals surface area contributed by atoms with Gasteiger partial charge >= 0.3 is 12.0 Å². The second-order valence-corrected chi connectivity index (χ2v) is 6.98. The summed E-state index contributed by atoms with van der Waals surface area (Å²) in [6.07, 6.45) is 0. The molecule has 9 nitrogen and oxygen atoms in total. The smallest absolute Gasteiger partial charge is 0.328 e. The fourth-order valence-electron chi connectivity index (χ4n) is 2.80. The number of aliphatic carboxylic acids is 1. The van der Waals surface area contributed by atoms with E-state index in [-0.39, 0.29) is 5.56 Å². The van der Waals surface area contributed by atoms with Crippen LogP contribution in [-0.4, -0.2) is 34.8 Å². The summed E-state index contributed by atoms with van der Waals surface area (Å²) in [4.78, 5) is 60.8. The highest BCUT2D eigenvalue weighted by atomic mass is 16.4. The summed E-state index contributed by atoms with van der Waals surface area (Å²) >= 11 is 0. The quantitative estimate of drug-likeness (QED) is 0.561. The molecule has 0 aromatic heterocycles. The summed E-state index contributed by atoms with van der Waals surface area (Å²) < 4.78 is 0. The molecule has 9 heteroatoms. The monoisotopic (exact) mass is 361 g/mol. The first-order chi connectivity index (χ1) is 12.0. The van der Waals surface area contributed by atoms with Crippen molar-refractivity contribution in [3.8, 4) is 0 Å². The highest BCUT2D eigenvalue weighted by molar-refractivity contribution is 6.24. The van der Waals surface area contributed by atoms with Crippen molar-refractivity contribution in [3.05, 3.63) is 35.9 Å². The van der Waals surface area contributed by atoms with Crippen LogP contribution in [0.5, 0.6) is 0 Å². The minimum atomic E-state index is -2.26. The van der Waals surface area contributed by atoms with E-state index in [1.165, 1.54) is 12.1 Å². The number of carbonyl (C=O) groups excluding carboxylic acids is 4. The molecule has 5 amide bonds. The number of nitrogens with one attached hydrogen (secondary N) is 3. The van der Waals surface area contributed by atoms with Gasteiger partial charge in [-0.25, -0.2) is 4.79 Å². The largest absolute Gasteiger partial charge is 0.481 e. The molecule has 0 spiro atoms. The lowest BCUT2D eigenvalue weighted by Crippen LogP contribution is -2.72. The predicted octanol–water partition coefficient (Wildman–Crippen LogP) is 0.111. The first-order valence-electron chi connectivity index (χ1n) is 7.77. The Bertz CT molecular complexity index is 761. The Morgan fingerprint density at radius 1 is 1.04 bits per heavy atom. The van der Waals surface area contributed by atoms with Crippen molar-refractivity contribution >= 4 is 29.7 Å². The second kappa shape index (κ2) is 6.58. The molecule has 2 rings (SSSR count). The molecule has 0 radical (unpaired) electrons. The van der Waals surface area contributed by atoms with E-state index in [9.17, 15) is 29.1 Å². The third-order valence-corrected chi connectivity index (χ3v) is 4.03. The van der Waals surface area contributed by atoms with Crippen molar-refractivity contribution in [2.24, 2.45) is 11.3 Å². The fraction of sp³-hybridized carbons (Fsp3) is 0.353. The van der Waals surface area contributed by atoms with Gasteiger partial charge in [0, 0.05) is 0 Å². The van der Waals surface area contributed by atoms with Crippen molar-refractivity contribution in [1.29, 1.82) is 0 Å². The predicted molar refractivity (Wildman–Crippen MR) is 88.5 cm³/mol. The van der Waals surface area contributed by atoms with Crippen LogP contribution in [0.15, 0.2) is 30.3 Å². The molecule has 1 heterocycles. The van der Waals surface area contributed by atoms with Gasteiger partial charge in [0.15, 0.2) is 0 Å². The number of carboxylic acid groups (broad SMARTS) is 1. The van der Waals surface area contributed by atoms with Crippen molar-refractivity contribution in [2.75, 3.05) is 0 Å². The van der Waals surface area contributed by atoms with Gasteiger partial charge in [0.1, 0.15) is 5.92 Å². The van der Waals surface area contributed by atoms with Gasteiger partial charge in [-0.1, -0.05) is 51.1 Å². The number of hydrogen-bond donors (Lipinski definition) is 4. The maximum atomic E-state index is 12.7. The summed E-state index contributed by atoms with van der Waals surface area (Å²) in [6, 6.07) is 6.53. The Hall–Kier alpha value is -3.23. The zero-order valence-electron chi connectivity index (χ0n) is 14.5. The highest BCUT2D eigenvalue weighted by Crippen LogP contribution is 2.30. The highest BCUT2D eigenvalue weighted by Gasteiger charge is 2.54. The van der Waals surface area contributed by atoms with E-state index < -0.39 is 46.6 Å². The molecule has 1 aromatic carbocycles. The molecule has 1 saturated heterocycles. The molecule has 1 fully saturated rings. The summed E-state index contributed by atoms with van der Waals surface area (Å²) in [5.41, 5.74) is -3.15. The van der Waals surface area contributed by atoms with Crippen LogP contribution in [-0.2, 0) is 24.7 Å². The van der Waals surface area contributed by atoms with E-state index in [1.54, 1.807) is 39.0 Å². The molecule has 1 aliphatic rings. The van der Waals surface area contributed by atoms with Crippen molar-refractivity contribution < 1.29 is 29.1 Å². The second-order valence-electron chi connectivity index (χ2n) is 6.98. The molecule has 0 saturated carbocycles. The number of carbonyl (C=O) groups is 5. The number of urea groups is 1. The van der Waals surface area contributed by atoms with Crippen LogP contribution in [0, 0.1) is 11.3 Å². The molecule has 0 bridgehead atoms. The molecular weight excluding hydrogens is 342 g/mol.